The van der Waals surface area contributed by atoms with Crippen molar-refractivity contribution in [3.8, 4) is 11.5 Å². The van der Waals surface area contributed by atoms with Crippen LogP contribution < -0.4 is 20.5 Å². The summed E-state index contributed by atoms with van der Waals surface area (Å²) in [5.74, 6) is 0.520. The molecule has 0 saturated carbocycles. The second-order valence-corrected chi connectivity index (χ2v) is 4.23. The SMILES string of the molecule is COc1cc(CCNC(=O)CCN)c([N+](=O)[O-])cc1OC. The van der Waals surface area contributed by atoms with Crippen LogP contribution >= 0.6 is 0 Å². The van der Waals surface area contributed by atoms with Gasteiger partial charge in [0.25, 0.3) is 5.69 Å². The Balaban J connectivity index is 2.89. The summed E-state index contributed by atoms with van der Waals surface area (Å²) in [5, 5.41) is 13.7. The fourth-order valence-electron chi connectivity index (χ4n) is 1.84. The van der Waals surface area contributed by atoms with E-state index in [2.05, 4.69) is 5.32 Å². The number of methoxy groups -OCH3 is 2. The summed E-state index contributed by atoms with van der Waals surface area (Å²) in [6.07, 6.45) is 0.543. The lowest BCUT2D eigenvalue weighted by Gasteiger charge is -2.11. The Bertz CT molecular complexity index is 519. The lowest BCUT2D eigenvalue weighted by Crippen LogP contribution is -2.27. The zero-order valence-corrected chi connectivity index (χ0v) is 12.0. The van der Waals surface area contributed by atoms with Gasteiger partial charge in [0.1, 0.15) is 0 Å². The number of nitro groups is 1. The minimum atomic E-state index is -0.487. The van der Waals surface area contributed by atoms with Crippen molar-refractivity contribution in [2.45, 2.75) is 12.8 Å². The third-order valence-electron chi connectivity index (χ3n) is 2.87. The number of nitrogens with zero attached hydrogens (tertiary/aromatic N) is 1. The molecule has 0 aliphatic heterocycles. The molecule has 3 N–H and O–H groups in total. The van der Waals surface area contributed by atoms with Gasteiger partial charge < -0.3 is 20.5 Å². The summed E-state index contributed by atoms with van der Waals surface area (Å²) in [4.78, 5) is 21.9. The van der Waals surface area contributed by atoms with Crippen molar-refractivity contribution in [1.29, 1.82) is 0 Å². The second-order valence-electron chi connectivity index (χ2n) is 4.23. The number of carbonyl (C=O) groups is 1. The van der Waals surface area contributed by atoms with E-state index in [0.717, 1.165) is 0 Å². The first-order valence-corrected chi connectivity index (χ1v) is 6.39. The average Bonchev–Trinajstić information content (AvgIpc) is 2.46. The molecular weight excluding hydrogens is 278 g/mol. The molecule has 0 unspecified atom stereocenters. The number of nitrogens with one attached hydrogen (secondary N) is 1. The van der Waals surface area contributed by atoms with Gasteiger partial charge in [0.2, 0.25) is 5.91 Å². The molecule has 0 fully saturated rings. The van der Waals surface area contributed by atoms with E-state index in [1.807, 2.05) is 0 Å². The van der Waals surface area contributed by atoms with Crippen molar-refractivity contribution in [3.63, 3.8) is 0 Å². The number of hydrogen-bond donors (Lipinski definition) is 2. The highest BCUT2D eigenvalue weighted by Crippen LogP contribution is 2.34. The molecule has 1 amide bonds. The Morgan fingerprint density at radius 1 is 1.33 bits per heavy atom. The number of ether oxygens (including phenoxy) is 2. The molecule has 0 aliphatic rings. The molecule has 21 heavy (non-hydrogen) atoms. The van der Waals surface area contributed by atoms with Gasteiger partial charge >= 0.3 is 0 Å². The van der Waals surface area contributed by atoms with Crippen molar-refractivity contribution in [1.82, 2.24) is 5.32 Å². The number of carbonyl (C=O) groups excluding carboxylic acids is 1. The van der Waals surface area contributed by atoms with Crippen molar-refractivity contribution in [2.24, 2.45) is 5.73 Å². The molecule has 0 spiro atoms. The van der Waals surface area contributed by atoms with Crippen LogP contribution in [0.2, 0.25) is 0 Å². The number of amides is 1. The van der Waals surface area contributed by atoms with E-state index in [-0.39, 0.29) is 31.1 Å². The molecule has 1 aromatic rings. The summed E-state index contributed by atoms with van der Waals surface area (Å²) in [5.41, 5.74) is 5.66. The van der Waals surface area contributed by atoms with Crippen LogP contribution in [0.3, 0.4) is 0 Å². The number of nitrogens with two attached hydrogens (primary N) is 1. The highest BCUT2D eigenvalue weighted by molar-refractivity contribution is 5.76. The Kier molecular flexibility index (Phi) is 6.41. The zero-order valence-electron chi connectivity index (χ0n) is 12.0. The lowest BCUT2D eigenvalue weighted by molar-refractivity contribution is -0.385. The molecular formula is C13H19N3O5. The highest BCUT2D eigenvalue weighted by atomic mass is 16.6. The number of nitro benzene ring substituents is 1. The number of rotatable bonds is 8. The van der Waals surface area contributed by atoms with Gasteiger partial charge in [-0.05, 0) is 12.5 Å². The molecule has 1 rings (SSSR count). The maximum absolute atomic E-state index is 11.3. The smallest absolute Gasteiger partial charge is 0.276 e. The van der Waals surface area contributed by atoms with E-state index in [1.165, 1.54) is 20.3 Å². The van der Waals surface area contributed by atoms with E-state index in [4.69, 9.17) is 15.2 Å². The molecule has 0 aliphatic carbocycles. The average molecular weight is 297 g/mol. The highest BCUT2D eigenvalue weighted by Gasteiger charge is 2.19. The van der Waals surface area contributed by atoms with Crippen LogP contribution in [0.15, 0.2) is 12.1 Å². The van der Waals surface area contributed by atoms with E-state index in [0.29, 0.717) is 23.5 Å². The lowest BCUT2D eigenvalue weighted by atomic mass is 10.1. The van der Waals surface area contributed by atoms with Crippen molar-refractivity contribution >= 4 is 11.6 Å². The molecule has 0 heterocycles. The summed E-state index contributed by atoms with van der Waals surface area (Å²) < 4.78 is 10.2. The minimum Gasteiger partial charge on any atom is -0.493 e. The first-order chi connectivity index (χ1) is 10.0. The van der Waals surface area contributed by atoms with Crippen LogP contribution in [-0.4, -0.2) is 38.1 Å². The maximum Gasteiger partial charge on any atom is 0.276 e. The first-order valence-electron chi connectivity index (χ1n) is 6.39. The molecule has 8 nitrogen and oxygen atoms in total. The normalized spacial score (nSPS) is 10.0. The van der Waals surface area contributed by atoms with Gasteiger partial charge in [-0.2, -0.15) is 0 Å². The molecule has 0 radical (unpaired) electrons. The molecule has 0 bridgehead atoms. The van der Waals surface area contributed by atoms with E-state index >= 15 is 0 Å². The Morgan fingerprint density at radius 2 is 1.95 bits per heavy atom. The molecule has 0 atom stereocenters. The van der Waals surface area contributed by atoms with Gasteiger partial charge in [-0.15, -0.1) is 0 Å². The Labute approximate surface area is 122 Å². The zero-order chi connectivity index (χ0) is 15.8. The fourth-order valence-corrected chi connectivity index (χ4v) is 1.84. The molecule has 1 aromatic carbocycles. The van der Waals surface area contributed by atoms with Crippen LogP contribution in [-0.2, 0) is 11.2 Å². The van der Waals surface area contributed by atoms with Crippen molar-refractivity contribution in [2.75, 3.05) is 27.3 Å². The fraction of sp³-hybridized carbons (Fsp3) is 0.462. The quantitative estimate of drug-likeness (QED) is 0.536. The Morgan fingerprint density at radius 3 is 2.48 bits per heavy atom. The van der Waals surface area contributed by atoms with Gasteiger partial charge in [-0.3, -0.25) is 14.9 Å². The second kappa shape index (κ2) is 8.05. The van der Waals surface area contributed by atoms with Crippen molar-refractivity contribution in [3.05, 3.63) is 27.8 Å². The topological polar surface area (TPSA) is 117 Å². The van der Waals surface area contributed by atoms with Crippen LogP contribution in [0.4, 0.5) is 5.69 Å². The monoisotopic (exact) mass is 297 g/mol. The van der Waals surface area contributed by atoms with Gasteiger partial charge in [-0.25, -0.2) is 0 Å². The first kappa shape index (κ1) is 16.7. The largest absolute Gasteiger partial charge is 0.493 e. The van der Waals surface area contributed by atoms with Crippen LogP contribution in [0.1, 0.15) is 12.0 Å². The molecule has 8 heteroatoms. The van der Waals surface area contributed by atoms with Gasteiger partial charge in [0.05, 0.1) is 25.2 Å². The predicted octanol–water partition coefficient (Wildman–Crippen LogP) is 0.620. The van der Waals surface area contributed by atoms with Gasteiger partial charge in [-0.1, -0.05) is 0 Å². The standard InChI is InChI=1S/C13H19N3O5/c1-20-11-7-9(4-6-15-13(17)3-5-14)10(16(18)19)8-12(11)21-2/h7-8H,3-6,14H2,1-2H3,(H,15,17). The van der Waals surface area contributed by atoms with E-state index < -0.39 is 4.92 Å². The number of benzene rings is 1. The maximum atomic E-state index is 11.3. The summed E-state index contributed by atoms with van der Waals surface area (Å²) in [6, 6.07) is 2.86. The predicted molar refractivity (Wildman–Crippen MR) is 76.6 cm³/mol. The molecule has 0 saturated heterocycles. The van der Waals surface area contributed by atoms with Crippen LogP contribution in [0, 0.1) is 10.1 Å². The van der Waals surface area contributed by atoms with E-state index in [1.54, 1.807) is 6.07 Å². The minimum absolute atomic E-state index is 0.0688. The summed E-state index contributed by atoms with van der Waals surface area (Å²) >= 11 is 0. The summed E-state index contributed by atoms with van der Waals surface area (Å²) in [6.45, 7) is 0.553. The number of hydrogen-bond acceptors (Lipinski definition) is 6. The third kappa shape index (κ3) is 4.60. The van der Waals surface area contributed by atoms with Gasteiger partial charge in [0, 0.05) is 25.1 Å². The summed E-state index contributed by atoms with van der Waals surface area (Å²) in [7, 11) is 2.87. The van der Waals surface area contributed by atoms with Gasteiger partial charge in [0.15, 0.2) is 11.5 Å². The molecule has 0 aromatic heterocycles. The molecule has 116 valence electrons. The van der Waals surface area contributed by atoms with Crippen molar-refractivity contribution < 1.29 is 19.2 Å². The van der Waals surface area contributed by atoms with Crippen LogP contribution in [0.25, 0.3) is 0 Å². The Hall–Kier alpha value is -2.35. The van der Waals surface area contributed by atoms with Crippen LogP contribution in [0.5, 0.6) is 11.5 Å². The van der Waals surface area contributed by atoms with E-state index in [9.17, 15) is 14.9 Å². The third-order valence-corrected chi connectivity index (χ3v) is 2.87.